The van der Waals surface area contributed by atoms with Crippen molar-refractivity contribution in [3.63, 3.8) is 0 Å². The third-order valence-electron chi connectivity index (χ3n) is 3.28. The quantitative estimate of drug-likeness (QED) is 0.566. The maximum Gasteiger partial charge on any atom is 0.356 e. The van der Waals surface area contributed by atoms with Gasteiger partial charge in [0.2, 0.25) is 0 Å². The highest BCUT2D eigenvalue weighted by Gasteiger charge is 2.20. The predicted octanol–water partition coefficient (Wildman–Crippen LogP) is 3.64. The summed E-state index contributed by atoms with van der Waals surface area (Å²) in [4.78, 5) is 18.6. The molecule has 1 aromatic carbocycles. The predicted molar refractivity (Wildman–Crippen MR) is 79.7 cm³/mol. The van der Waals surface area contributed by atoms with Crippen LogP contribution in [0.25, 0.3) is 0 Å². The topological polar surface area (TPSA) is 57.5 Å². The zero-order valence-corrected chi connectivity index (χ0v) is 12.8. The van der Waals surface area contributed by atoms with Gasteiger partial charge in [-0.1, -0.05) is 57.7 Å². The molecule has 3 nitrogen and oxygen atoms in total. The monoisotopic (exact) mass is 284 g/mol. The SMILES string of the molecule is CC(C)CCCCCCc1ccccc1P(=O)(O)O. The summed E-state index contributed by atoms with van der Waals surface area (Å²) in [5, 5.41) is 0.192. The number of aryl methyl sites for hydroxylation is 1. The van der Waals surface area contributed by atoms with Gasteiger partial charge in [-0.25, -0.2) is 0 Å². The van der Waals surface area contributed by atoms with Crippen LogP contribution in [-0.4, -0.2) is 9.79 Å². The van der Waals surface area contributed by atoms with E-state index in [1.807, 2.05) is 12.1 Å². The van der Waals surface area contributed by atoms with Crippen LogP contribution in [0.1, 0.15) is 51.5 Å². The molecule has 0 saturated heterocycles. The molecule has 1 aromatic rings. The van der Waals surface area contributed by atoms with E-state index in [2.05, 4.69) is 13.8 Å². The molecule has 0 aromatic heterocycles. The lowest BCUT2D eigenvalue weighted by Gasteiger charge is -2.10. The second kappa shape index (κ2) is 7.84. The fourth-order valence-electron chi connectivity index (χ4n) is 2.23. The first-order valence-electron chi connectivity index (χ1n) is 7.05. The van der Waals surface area contributed by atoms with E-state index in [0.29, 0.717) is 0 Å². The summed E-state index contributed by atoms with van der Waals surface area (Å²) in [6.07, 6.45) is 6.59. The van der Waals surface area contributed by atoms with Crippen molar-refractivity contribution >= 4 is 12.9 Å². The molecule has 1 rings (SSSR count). The van der Waals surface area contributed by atoms with Gasteiger partial charge in [-0.15, -0.1) is 0 Å². The Kier molecular flexibility index (Phi) is 6.78. The van der Waals surface area contributed by atoms with E-state index in [4.69, 9.17) is 0 Å². The highest BCUT2D eigenvalue weighted by atomic mass is 31.2. The Labute approximate surface area is 116 Å². The third-order valence-corrected chi connectivity index (χ3v) is 4.35. The molecule has 0 aliphatic carbocycles. The van der Waals surface area contributed by atoms with E-state index in [0.717, 1.165) is 30.7 Å². The standard InChI is InChI=1S/C15H25O3P/c1-13(2)9-5-3-4-6-10-14-11-7-8-12-15(14)19(16,17)18/h7-8,11-13H,3-6,9-10H2,1-2H3,(H2,16,17,18). The maximum atomic E-state index is 11.4. The van der Waals surface area contributed by atoms with Crippen LogP contribution < -0.4 is 5.30 Å². The summed E-state index contributed by atoms with van der Waals surface area (Å²) >= 11 is 0. The zero-order valence-electron chi connectivity index (χ0n) is 11.9. The van der Waals surface area contributed by atoms with Gasteiger partial charge in [0.15, 0.2) is 0 Å². The minimum atomic E-state index is -4.13. The molecule has 0 aliphatic rings. The zero-order chi connectivity index (χ0) is 14.3. The Hall–Kier alpha value is -0.630. The number of rotatable bonds is 8. The molecule has 0 fully saturated rings. The van der Waals surface area contributed by atoms with Gasteiger partial charge in [0.25, 0.3) is 0 Å². The molecule has 0 spiro atoms. The van der Waals surface area contributed by atoms with Gasteiger partial charge < -0.3 is 9.79 Å². The first-order valence-corrected chi connectivity index (χ1v) is 8.66. The van der Waals surface area contributed by atoms with Gasteiger partial charge in [0.05, 0.1) is 5.30 Å². The van der Waals surface area contributed by atoms with Crippen molar-refractivity contribution in [2.24, 2.45) is 5.92 Å². The maximum absolute atomic E-state index is 11.4. The molecular formula is C15H25O3P. The van der Waals surface area contributed by atoms with Crippen LogP contribution >= 0.6 is 7.60 Å². The Balaban J connectivity index is 2.40. The molecule has 108 valence electrons. The average Bonchev–Trinajstić information content (AvgIpc) is 2.32. The van der Waals surface area contributed by atoms with Crippen molar-refractivity contribution in [1.82, 2.24) is 0 Å². The molecule has 0 heterocycles. The van der Waals surface area contributed by atoms with E-state index < -0.39 is 7.60 Å². The molecule has 0 unspecified atom stereocenters. The number of hydrogen-bond acceptors (Lipinski definition) is 1. The van der Waals surface area contributed by atoms with E-state index in [1.54, 1.807) is 6.07 Å². The van der Waals surface area contributed by atoms with Gasteiger partial charge in [-0.3, -0.25) is 4.57 Å². The first kappa shape index (κ1) is 16.4. The molecule has 0 aliphatic heterocycles. The van der Waals surface area contributed by atoms with Crippen molar-refractivity contribution < 1.29 is 14.4 Å². The van der Waals surface area contributed by atoms with Crippen molar-refractivity contribution in [2.45, 2.75) is 52.4 Å². The number of unbranched alkanes of at least 4 members (excludes halogenated alkanes) is 3. The number of benzene rings is 1. The third kappa shape index (κ3) is 6.38. The fourth-order valence-corrected chi connectivity index (χ4v) is 3.07. The molecule has 0 saturated carbocycles. The van der Waals surface area contributed by atoms with E-state index in [9.17, 15) is 14.4 Å². The van der Waals surface area contributed by atoms with Crippen LogP contribution in [0.2, 0.25) is 0 Å². The van der Waals surface area contributed by atoms with E-state index in [1.165, 1.54) is 25.3 Å². The second-order valence-electron chi connectivity index (χ2n) is 5.52. The molecule has 0 radical (unpaired) electrons. The first-order chi connectivity index (χ1) is 8.91. The fraction of sp³-hybridized carbons (Fsp3) is 0.600. The minimum absolute atomic E-state index is 0.192. The lowest BCUT2D eigenvalue weighted by molar-refractivity contribution is 0.387. The van der Waals surface area contributed by atoms with Crippen LogP contribution in [0.4, 0.5) is 0 Å². The summed E-state index contributed by atoms with van der Waals surface area (Å²) in [6.45, 7) is 4.46. The summed E-state index contributed by atoms with van der Waals surface area (Å²) in [5.41, 5.74) is 0.791. The van der Waals surface area contributed by atoms with Crippen molar-refractivity contribution in [3.05, 3.63) is 29.8 Å². The van der Waals surface area contributed by atoms with Crippen molar-refractivity contribution in [2.75, 3.05) is 0 Å². The molecule has 2 N–H and O–H groups in total. The van der Waals surface area contributed by atoms with Gasteiger partial charge in [0.1, 0.15) is 0 Å². The Morgan fingerprint density at radius 1 is 1.05 bits per heavy atom. The molecule has 0 bridgehead atoms. The van der Waals surface area contributed by atoms with Gasteiger partial charge in [0, 0.05) is 0 Å². The number of hydrogen-bond donors (Lipinski definition) is 2. The lowest BCUT2D eigenvalue weighted by Crippen LogP contribution is -2.10. The van der Waals surface area contributed by atoms with Crippen molar-refractivity contribution in [1.29, 1.82) is 0 Å². The largest absolute Gasteiger partial charge is 0.356 e. The van der Waals surface area contributed by atoms with Crippen LogP contribution in [0.3, 0.4) is 0 Å². The lowest BCUT2D eigenvalue weighted by atomic mass is 10.0. The Morgan fingerprint density at radius 2 is 1.68 bits per heavy atom. The van der Waals surface area contributed by atoms with Gasteiger partial charge in [-0.05, 0) is 30.4 Å². The average molecular weight is 284 g/mol. The summed E-state index contributed by atoms with van der Waals surface area (Å²) in [6, 6.07) is 6.88. The molecule has 0 amide bonds. The summed E-state index contributed by atoms with van der Waals surface area (Å²) < 4.78 is 11.4. The Morgan fingerprint density at radius 3 is 2.32 bits per heavy atom. The molecule has 4 heteroatoms. The smallest absolute Gasteiger partial charge is 0.321 e. The van der Waals surface area contributed by atoms with Crippen LogP contribution in [0, 0.1) is 5.92 Å². The van der Waals surface area contributed by atoms with Crippen LogP contribution in [-0.2, 0) is 11.0 Å². The summed E-state index contributed by atoms with van der Waals surface area (Å²) in [7, 11) is -4.13. The van der Waals surface area contributed by atoms with Crippen molar-refractivity contribution in [3.8, 4) is 0 Å². The van der Waals surface area contributed by atoms with Gasteiger partial charge in [-0.2, -0.15) is 0 Å². The van der Waals surface area contributed by atoms with E-state index in [-0.39, 0.29) is 5.30 Å². The Bertz CT molecular complexity index is 423. The molecule has 19 heavy (non-hydrogen) atoms. The summed E-state index contributed by atoms with van der Waals surface area (Å²) in [5.74, 6) is 0.760. The highest BCUT2D eigenvalue weighted by molar-refractivity contribution is 7.60. The second-order valence-corrected chi connectivity index (χ2v) is 7.09. The van der Waals surface area contributed by atoms with Crippen LogP contribution in [0.5, 0.6) is 0 Å². The van der Waals surface area contributed by atoms with Gasteiger partial charge >= 0.3 is 7.60 Å². The highest BCUT2D eigenvalue weighted by Crippen LogP contribution is 2.34. The van der Waals surface area contributed by atoms with Crippen LogP contribution in [0.15, 0.2) is 24.3 Å². The normalized spacial score (nSPS) is 12.1. The minimum Gasteiger partial charge on any atom is -0.321 e. The molecular weight excluding hydrogens is 259 g/mol. The van der Waals surface area contributed by atoms with E-state index >= 15 is 0 Å². The molecule has 0 atom stereocenters.